The van der Waals surface area contributed by atoms with Crippen LogP contribution >= 0.6 is 20.7 Å². The molecule has 0 aromatic heterocycles. The molecule has 1 N–H and O–H groups in total. The number of allylic oxidation sites excluding steroid dienone is 2. The van der Waals surface area contributed by atoms with Gasteiger partial charge in [0.05, 0.1) is 6.04 Å². The van der Waals surface area contributed by atoms with Gasteiger partial charge in [0.15, 0.2) is 0 Å². The zero-order valence-corrected chi connectivity index (χ0v) is 7.71. The van der Waals surface area contributed by atoms with Gasteiger partial charge in [0.2, 0.25) is 0 Å². The SMILES string of the molecule is C=CC1=CCC(N=N)C=I1. The van der Waals surface area contributed by atoms with Gasteiger partial charge in [-0.15, -0.1) is 0 Å². The fraction of sp³-hybridized carbons (Fsp3) is 0.286. The summed E-state index contributed by atoms with van der Waals surface area (Å²) in [6.45, 7) is 3.70. The Morgan fingerprint density at radius 3 is 3.10 bits per heavy atom. The average Bonchev–Trinajstić information content (AvgIpc) is 2.05. The van der Waals surface area contributed by atoms with E-state index in [1.165, 1.54) is 3.58 Å². The van der Waals surface area contributed by atoms with Gasteiger partial charge in [-0.1, -0.05) is 39.5 Å². The van der Waals surface area contributed by atoms with Crippen LogP contribution in [0.2, 0.25) is 0 Å². The predicted octanol–water partition coefficient (Wildman–Crippen LogP) is 2.63. The molecule has 0 spiro atoms. The minimum absolute atomic E-state index is 0.00647. The molecule has 1 unspecified atom stereocenters. The van der Waals surface area contributed by atoms with Crippen molar-refractivity contribution in [2.45, 2.75) is 12.5 Å². The summed E-state index contributed by atoms with van der Waals surface area (Å²) in [5, 5.41) is 3.46. The summed E-state index contributed by atoms with van der Waals surface area (Å²) in [6.07, 6.45) is 4.94. The normalized spacial score (nSPS) is 24.4. The van der Waals surface area contributed by atoms with Crippen molar-refractivity contribution in [2.75, 3.05) is 0 Å². The lowest BCUT2D eigenvalue weighted by molar-refractivity contribution is 0.806. The predicted molar refractivity (Wildman–Crippen MR) is 51.9 cm³/mol. The molecule has 0 aliphatic carbocycles. The quantitative estimate of drug-likeness (QED) is 0.576. The van der Waals surface area contributed by atoms with Gasteiger partial charge in [0, 0.05) is 3.58 Å². The molecule has 10 heavy (non-hydrogen) atoms. The number of rotatable bonds is 2. The van der Waals surface area contributed by atoms with Crippen molar-refractivity contribution < 1.29 is 0 Å². The second kappa shape index (κ2) is 3.75. The Kier molecular flexibility index (Phi) is 2.92. The summed E-state index contributed by atoms with van der Waals surface area (Å²) in [4.78, 5) is 0. The minimum Gasteiger partial charge on any atom is -0.209 e. The first-order valence-electron chi connectivity index (χ1n) is 3.02. The van der Waals surface area contributed by atoms with Crippen molar-refractivity contribution in [3.8, 4) is 0 Å². The lowest BCUT2D eigenvalue weighted by atomic mass is 10.2. The summed E-state index contributed by atoms with van der Waals surface area (Å²) < 4.78 is 3.52. The molecule has 0 fully saturated rings. The zero-order valence-electron chi connectivity index (χ0n) is 5.55. The minimum atomic E-state index is 0.00647. The van der Waals surface area contributed by atoms with E-state index in [4.69, 9.17) is 5.53 Å². The summed E-state index contributed by atoms with van der Waals surface area (Å²) in [5.74, 6) is 0. The molecule has 0 aromatic carbocycles. The third kappa shape index (κ3) is 1.83. The van der Waals surface area contributed by atoms with Crippen molar-refractivity contribution in [3.05, 3.63) is 22.3 Å². The molecule has 0 aromatic rings. The molecule has 54 valence electrons. The van der Waals surface area contributed by atoms with Crippen molar-refractivity contribution >= 4 is 24.7 Å². The van der Waals surface area contributed by atoms with Crippen LogP contribution < -0.4 is 0 Å². The molecule has 1 rings (SSSR count). The molecule has 0 saturated carbocycles. The van der Waals surface area contributed by atoms with Gasteiger partial charge < -0.3 is 0 Å². The lowest BCUT2D eigenvalue weighted by Crippen LogP contribution is -2.03. The van der Waals surface area contributed by atoms with Crippen LogP contribution in [0.3, 0.4) is 0 Å². The highest BCUT2D eigenvalue weighted by Gasteiger charge is 2.04. The lowest BCUT2D eigenvalue weighted by Gasteiger charge is -2.06. The smallest absolute Gasteiger partial charge is 0.0976 e. The van der Waals surface area contributed by atoms with E-state index in [1.807, 2.05) is 6.08 Å². The maximum atomic E-state index is 6.78. The third-order valence-corrected chi connectivity index (χ3v) is 4.04. The standard InChI is InChI=1S/C7H9IN2/c1-2-6-3-4-7(10-9)5-8-6/h2-3,5,7,9H,1,4H2. The van der Waals surface area contributed by atoms with E-state index >= 15 is 0 Å². The van der Waals surface area contributed by atoms with E-state index in [1.54, 1.807) is 0 Å². The largest absolute Gasteiger partial charge is 0.209 e. The van der Waals surface area contributed by atoms with Crippen LogP contribution in [0.4, 0.5) is 0 Å². The first-order valence-corrected chi connectivity index (χ1v) is 5.35. The highest BCUT2D eigenvalue weighted by atomic mass is 127. The van der Waals surface area contributed by atoms with Crippen LogP contribution in [-0.4, -0.2) is 10.1 Å². The Morgan fingerprint density at radius 2 is 2.70 bits per heavy atom. The highest BCUT2D eigenvalue weighted by Crippen LogP contribution is 2.22. The molecular weight excluding hydrogens is 239 g/mol. The van der Waals surface area contributed by atoms with Crippen LogP contribution in [0, 0.1) is 5.53 Å². The fourth-order valence-corrected chi connectivity index (χ4v) is 2.73. The topological polar surface area (TPSA) is 36.2 Å². The molecule has 0 saturated heterocycles. The maximum Gasteiger partial charge on any atom is 0.0976 e. The monoisotopic (exact) mass is 248 g/mol. The van der Waals surface area contributed by atoms with Gasteiger partial charge >= 0.3 is 0 Å². The number of nitrogens with one attached hydrogen (secondary N) is 1. The van der Waals surface area contributed by atoms with Gasteiger partial charge in [0.1, 0.15) is 0 Å². The Bertz CT molecular complexity index is 206. The summed E-state index contributed by atoms with van der Waals surface area (Å²) in [7, 11) is 0. The van der Waals surface area contributed by atoms with E-state index in [0.717, 1.165) is 6.42 Å². The van der Waals surface area contributed by atoms with Gasteiger partial charge in [-0.2, -0.15) is 5.11 Å². The number of hydrogen-bond donors (Lipinski definition) is 1. The molecule has 0 bridgehead atoms. The Labute approximate surface area is 70.3 Å². The Balaban J connectivity index is 2.62. The van der Waals surface area contributed by atoms with E-state index < -0.39 is 0 Å². The van der Waals surface area contributed by atoms with Crippen molar-refractivity contribution in [2.24, 2.45) is 5.11 Å². The van der Waals surface area contributed by atoms with Crippen molar-refractivity contribution in [1.29, 1.82) is 5.53 Å². The van der Waals surface area contributed by atoms with E-state index in [-0.39, 0.29) is 26.8 Å². The molecule has 0 amide bonds. The highest BCUT2D eigenvalue weighted by molar-refractivity contribution is 14.2. The first kappa shape index (κ1) is 7.78. The van der Waals surface area contributed by atoms with Crippen molar-refractivity contribution in [3.63, 3.8) is 0 Å². The third-order valence-electron chi connectivity index (χ3n) is 1.25. The molecule has 1 heterocycles. The van der Waals surface area contributed by atoms with Gasteiger partial charge in [0.25, 0.3) is 0 Å². The molecule has 1 aliphatic rings. The average molecular weight is 248 g/mol. The number of nitrogens with zero attached hydrogens (tertiary/aromatic N) is 1. The van der Waals surface area contributed by atoms with Crippen LogP contribution in [0.15, 0.2) is 27.4 Å². The number of halogens is 1. The molecule has 1 atom stereocenters. The maximum absolute atomic E-state index is 6.78. The number of hydrogen-bond acceptors (Lipinski definition) is 2. The van der Waals surface area contributed by atoms with E-state index in [9.17, 15) is 0 Å². The molecular formula is C7H9IN2. The van der Waals surface area contributed by atoms with Crippen LogP contribution in [-0.2, 0) is 0 Å². The summed E-state index contributed by atoms with van der Waals surface area (Å²) >= 11 is 0.00647. The Morgan fingerprint density at radius 1 is 1.90 bits per heavy atom. The van der Waals surface area contributed by atoms with Crippen LogP contribution in [0.1, 0.15) is 6.42 Å². The summed E-state index contributed by atoms with van der Waals surface area (Å²) in [5.41, 5.74) is 6.78. The zero-order chi connectivity index (χ0) is 7.40. The molecule has 1 aliphatic heterocycles. The van der Waals surface area contributed by atoms with Crippen LogP contribution in [0.5, 0.6) is 0 Å². The van der Waals surface area contributed by atoms with Gasteiger partial charge in [-0.25, -0.2) is 5.53 Å². The van der Waals surface area contributed by atoms with Crippen LogP contribution in [0.25, 0.3) is 0 Å². The van der Waals surface area contributed by atoms with Gasteiger partial charge in [-0.05, 0) is 10.4 Å². The first-order chi connectivity index (χ1) is 4.86. The van der Waals surface area contributed by atoms with Gasteiger partial charge in [-0.3, -0.25) is 0 Å². The second-order valence-electron chi connectivity index (χ2n) is 1.96. The molecule has 3 heteroatoms. The fourth-order valence-electron chi connectivity index (χ4n) is 0.684. The Hall–Kier alpha value is -0.320. The van der Waals surface area contributed by atoms with E-state index in [2.05, 4.69) is 21.8 Å². The summed E-state index contributed by atoms with van der Waals surface area (Å²) in [6, 6.07) is 0.163. The van der Waals surface area contributed by atoms with E-state index in [0.29, 0.717) is 0 Å². The molecule has 0 radical (unpaired) electrons. The van der Waals surface area contributed by atoms with Crippen molar-refractivity contribution in [1.82, 2.24) is 0 Å². The second-order valence-corrected chi connectivity index (χ2v) is 4.55. The molecule has 2 nitrogen and oxygen atoms in total.